The van der Waals surface area contributed by atoms with Gasteiger partial charge in [0.15, 0.2) is 5.13 Å². The fraction of sp³-hybridized carbons (Fsp3) is 0.588. The lowest BCUT2D eigenvalue weighted by Crippen LogP contribution is -2.26. The molecule has 0 saturated carbocycles. The standard InChI is InChI=1S/3C11H19N3O2S.C9H18N4O2S.C9H17N3S/c1-9(2)13-7-10-5-11(8-12-6-10)14(3)17(4,15)16;1-9(2)13-8-10-7-11(5-6-12-10)14(3)17(4,15)16;1-9(2)13-8-10-5-6-12-11(7-10)14(3)17(4,15)16;1-7(2)10-5-8-6-11-9(12-8)13(3)16(4,14)15;1-7(2)10-5-8-6-13-9(11-8)12(3)4/h5-6,8-9,13H,7H2,1-4H3;2*5-7,9,13H,8H2,1-4H3;6-7,10H,5H2,1-4H3,(H,11,12);6-7,10H,5H2,1-4H3. The summed E-state index contributed by atoms with van der Waals surface area (Å²) in [6, 6.07) is 11.0. The van der Waals surface area contributed by atoms with E-state index >= 15 is 0 Å². The predicted octanol–water partition coefficient (Wildman–Crippen LogP) is 4.94. The van der Waals surface area contributed by atoms with Crippen LogP contribution in [0.3, 0.4) is 0 Å². The molecule has 0 aliphatic carbocycles. The highest BCUT2D eigenvalue weighted by Gasteiger charge is 2.17. The van der Waals surface area contributed by atoms with Crippen molar-refractivity contribution < 1.29 is 33.7 Å². The molecule has 0 saturated heterocycles. The molecule has 29 heteroatoms. The molecule has 0 spiro atoms. The smallest absolute Gasteiger partial charge is 0.234 e. The Labute approximate surface area is 483 Å². The van der Waals surface area contributed by atoms with Crippen LogP contribution >= 0.6 is 11.3 Å². The molecule has 454 valence electrons. The molecule has 5 heterocycles. The van der Waals surface area contributed by atoms with E-state index in [-0.39, 0.29) is 0 Å². The molecule has 0 aliphatic heterocycles. The minimum atomic E-state index is -3.25. The molecule has 0 aliphatic rings. The van der Waals surface area contributed by atoms with Gasteiger partial charge in [0.05, 0.1) is 65.9 Å². The molecule has 24 nitrogen and oxygen atoms in total. The van der Waals surface area contributed by atoms with Crippen LogP contribution in [0.2, 0.25) is 0 Å². The zero-order valence-corrected chi connectivity index (χ0v) is 54.6. The molecule has 0 atom stereocenters. The number of hydrogen-bond donors (Lipinski definition) is 6. The molecular formula is C51H92N16O8S5. The number of H-pyrrole nitrogens is 1. The second-order valence-electron chi connectivity index (χ2n) is 20.4. The van der Waals surface area contributed by atoms with E-state index in [9.17, 15) is 33.7 Å². The van der Waals surface area contributed by atoms with Crippen molar-refractivity contribution in [2.45, 2.75) is 132 Å². The van der Waals surface area contributed by atoms with Crippen molar-refractivity contribution in [2.24, 2.45) is 0 Å². The molecule has 0 unspecified atom stereocenters. The second kappa shape index (κ2) is 34.4. The van der Waals surface area contributed by atoms with E-state index in [2.05, 4.69) is 103 Å². The monoisotopic (exact) mass is 1220 g/mol. The molecule has 5 aromatic rings. The van der Waals surface area contributed by atoms with Crippen molar-refractivity contribution >= 4 is 79.7 Å². The summed E-state index contributed by atoms with van der Waals surface area (Å²) >= 11 is 1.68. The lowest BCUT2D eigenvalue weighted by molar-refractivity contribution is 0.581. The maximum Gasteiger partial charge on any atom is 0.234 e. The number of thiazole rings is 1. The first kappa shape index (κ1) is 72.9. The number of imidazole rings is 1. The Morgan fingerprint density at radius 2 is 0.950 bits per heavy atom. The SMILES string of the molecule is CC(C)NCc1cc(N(C)S(C)(=O)=O)ccn1.CC(C)NCc1ccnc(N(C)S(C)(=O)=O)c1.CC(C)NCc1cnc(N(C)S(C)(=O)=O)[nH]1.CC(C)NCc1cncc(N(C)S(C)(=O)=O)c1.CC(C)NCc1csc(N(C)C)n1. The van der Waals surface area contributed by atoms with Gasteiger partial charge in [-0.3, -0.25) is 22.9 Å². The fourth-order valence-corrected chi connectivity index (χ4v) is 8.29. The van der Waals surface area contributed by atoms with Crippen LogP contribution in [-0.4, -0.2) is 161 Å². The fourth-order valence-electron chi connectivity index (χ4n) is 5.71. The Morgan fingerprint density at radius 3 is 1.44 bits per heavy atom. The van der Waals surface area contributed by atoms with Gasteiger partial charge in [-0.05, 0) is 41.5 Å². The van der Waals surface area contributed by atoms with Gasteiger partial charge in [-0.15, -0.1) is 11.3 Å². The van der Waals surface area contributed by atoms with Crippen LogP contribution in [0, 0.1) is 0 Å². The zero-order chi connectivity index (χ0) is 61.3. The number of sulfonamides is 4. The first-order valence-electron chi connectivity index (χ1n) is 25.7. The Hall–Kier alpha value is -5.11. The van der Waals surface area contributed by atoms with E-state index in [1.165, 1.54) is 53.6 Å². The molecule has 0 amide bonds. The summed E-state index contributed by atoms with van der Waals surface area (Å²) in [7, 11) is -2.92. The van der Waals surface area contributed by atoms with Crippen molar-refractivity contribution in [1.82, 2.24) is 56.5 Å². The van der Waals surface area contributed by atoms with Gasteiger partial charge in [0, 0.05) is 129 Å². The highest BCUT2D eigenvalue weighted by atomic mass is 32.2. The Balaban J connectivity index is 0.000000501. The summed E-state index contributed by atoms with van der Waals surface area (Å²) in [5.74, 6) is 0.776. The summed E-state index contributed by atoms with van der Waals surface area (Å²) in [4.78, 5) is 25.7. The van der Waals surface area contributed by atoms with Crippen LogP contribution in [0.5, 0.6) is 0 Å². The maximum atomic E-state index is 11.4. The molecule has 80 heavy (non-hydrogen) atoms. The molecule has 0 radical (unpaired) electrons. The largest absolute Gasteiger partial charge is 0.354 e. The van der Waals surface area contributed by atoms with Crippen molar-refractivity contribution in [1.29, 1.82) is 0 Å². The molecule has 5 aromatic heterocycles. The van der Waals surface area contributed by atoms with Gasteiger partial charge >= 0.3 is 0 Å². The van der Waals surface area contributed by atoms with Gasteiger partial charge in [-0.2, -0.15) is 0 Å². The highest BCUT2D eigenvalue weighted by molar-refractivity contribution is 7.92. The number of aromatic nitrogens is 6. The van der Waals surface area contributed by atoms with Gasteiger partial charge in [-0.25, -0.2) is 52.9 Å². The first-order chi connectivity index (χ1) is 36.8. The van der Waals surface area contributed by atoms with E-state index in [1.54, 1.807) is 60.5 Å². The number of pyridine rings is 3. The average Bonchev–Trinajstić information content (AvgIpc) is 4.05. The van der Waals surface area contributed by atoms with E-state index in [0.29, 0.717) is 79.5 Å². The summed E-state index contributed by atoms with van der Waals surface area (Å²) in [5.41, 5.74) is 6.00. The van der Waals surface area contributed by atoms with Crippen LogP contribution in [0.15, 0.2) is 66.7 Å². The van der Waals surface area contributed by atoms with Crippen LogP contribution < -0.4 is 48.7 Å². The third-order valence-electron chi connectivity index (χ3n) is 10.8. The second-order valence-corrected chi connectivity index (χ2v) is 29.3. The molecule has 5 rings (SSSR count). The summed E-state index contributed by atoms with van der Waals surface area (Å²) in [5, 5.41) is 19.5. The van der Waals surface area contributed by atoms with Crippen molar-refractivity contribution in [3.63, 3.8) is 0 Å². The quantitative estimate of drug-likeness (QED) is 0.0477. The van der Waals surface area contributed by atoms with Gasteiger partial charge in [0.1, 0.15) is 5.82 Å². The predicted molar refractivity (Wildman–Crippen MR) is 331 cm³/mol. The number of nitrogens with one attached hydrogen (secondary N) is 6. The van der Waals surface area contributed by atoms with Crippen LogP contribution in [0.1, 0.15) is 97.4 Å². The lowest BCUT2D eigenvalue weighted by Gasteiger charge is -2.17. The number of anilines is 5. The molecule has 0 aromatic carbocycles. The van der Waals surface area contributed by atoms with Crippen molar-refractivity contribution in [2.75, 3.05) is 89.4 Å². The molecule has 6 N–H and O–H groups in total. The number of hydrogen-bond acceptors (Lipinski definition) is 20. The van der Waals surface area contributed by atoms with Crippen molar-refractivity contribution in [3.05, 3.63) is 94.9 Å². The Bertz CT molecular complexity index is 2830. The first-order valence-corrected chi connectivity index (χ1v) is 34.0. The van der Waals surface area contributed by atoms with E-state index in [1.807, 2.05) is 58.8 Å². The summed E-state index contributed by atoms with van der Waals surface area (Å²) in [6.45, 7) is 24.2. The summed E-state index contributed by atoms with van der Waals surface area (Å²) < 4.78 is 95.6. The molecule has 0 fully saturated rings. The van der Waals surface area contributed by atoms with Gasteiger partial charge in [-0.1, -0.05) is 69.2 Å². The minimum Gasteiger partial charge on any atom is -0.354 e. The molecular weight excluding hydrogens is 1120 g/mol. The highest BCUT2D eigenvalue weighted by Crippen LogP contribution is 2.19. The maximum absolute atomic E-state index is 11.4. The summed E-state index contributed by atoms with van der Waals surface area (Å²) in [6.07, 6.45) is 12.8. The van der Waals surface area contributed by atoms with Crippen LogP contribution in [-0.2, 0) is 72.8 Å². The van der Waals surface area contributed by atoms with Gasteiger partial charge in [0.25, 0.3) is 0 Å². The van der Waals surface area contributed by atoms with E-state index in [0.717, 1.165) is 56.7 Å². The minimum absolute atomic E-state index is 0.336. The van der Waals surface area contributed by atoms with Crippen molar-refractivity contribution in [3.8, 4) is 0 Å². The zero-order valence-electron chi connectivity index (χ0n) is 50.6. The normalized spacial score (nSPS) is 11.7. The Morgan fingerprint density at radius 1 is 0.487 bits per heavy atom. The average molecular weight is 1220 g/mol. The number of rotatable bonds is 24. The van der Waals surface area contributed by atoms with Gasteiger partial charge < -0.3 is 36.5 Å². The number of aromatic amines is 1. The third kappa shape index (κ3) is 30.1. The topological polar surface area (TPSA) is 293 Å². The molecule has 0 bridgehead atoms. The van der Waals surface area contributed by atoms with E-state index < -0.39 is 40.1 Å². The van der Waals surface area contributed by atoms with Crippen LogP contribution in [0.25, 0.3) is 0 Å². The number of nitrogens with zero attached hydrogens (tertiary/aromatic N) is 10. The third-order valence-corrected chi connectivity index (χ3v) is 16.6. The lowest BCUT2D eigenvalue weighted by atomic mass is 10.2. The van der Waals surface area contributed by atoms with Crippen LogP contribution in [0.4, 0.5) is 28.3 Å². The van der Waals surface area contributed by atoms with E-state index in [4.69, 9.17) is 0 Å². The van der Waals surface area contributed by atoms with Gasteiger partial charge in [0.2, 0.25) is 46.0 Å². The Kier molecular flexibility index (Phi) is 31.3.